The van der Waals surface area contributed by atoms with Crippen LogP contribution in [-0.4, -0.2) is 37.2 Å². The number of morpholine rings is 1. The van der Waals surface area contributed by atoms with Crippen LogP contribution in [0, 0.1) is 11.3 Å². The number of hydrogen-bond donors (Lipinski definition) is 0. The first-order chi connectivity index (χ1) is 5.38. The van der Waals surface area contributed by atoms with Crippen LogP contribution in [0.2, 0.25) is 0 Å². The third kappa shape index (κ3) is 2.18. The van der Waals surface area contributed by atoms with E-state index >= 15 is 0 Å². The lowest BCUT2D eigenvalue weighted by molar-refractivity contribution is 0.0264. The summed E-state index contributed by atoms with van der Waals surface area (Å²) in [5, 5.41) is 8.75. The molecule has 3 nitrogen and oxygen atoms in total. The molecule has 0 aromatic rings. The van der Waals surface area contributed by atoms with Gasteiger partial charge in [0.05, 0.1) is 25.3 Å². The molecule has 0 radical (unpaired) electrons. The van der Waals surface area contributed by atoms with Crippen LogP contribution in [0.25, 0.3) is 0 Å². The maximum absolute atomic E-state index is 8.75. The predicted octanol–water partition coefficient (Wildman–Crippen LogP) is 0.621. The molecule has 1 fully saturated rings. The Balaban J connectivity index is 2.38. The van der Waals surface area contributed by atoms with Gasteiger partial charge in [-0.15, -0.1) is 0 Å². The van der Waals surface area contributed by atoms with Crippen LogP contribution < -0.4 is 0 Å². The van der Waals surface area contributed by atoms with E-state index in [0.29, 0.717) is 0 Å². The van der Waals surface area contributed by atoms with Crippen LogP contribution in [0.5, 0.6) is 0 Å². The SMILES string of the molecule is CC[C@H](C#N)N1CCOCC1. The van der Waals surface area contributed by atoms with Gasteiger partial charge in [-0.3, -0.25) is 4.90 Å². The smallest absolute Gasteiger partial charge is 0.0976 e. The van der Waals surface area contributed by atoms with Gasteiger partial charge < -0.3 is 4.74 Å². The number of rotatable bonds is 2. The maximum Gasteiger partial charge on any atom is 0.0976 e. The zero-order chi connectivity index (χ0) is 8.10. The molecule has 1 saturated heterocycles. The van der Waals surface area contributed by atoms with E-state index in [0.717, 1.165) is 32.7 Å². The van der Waals surface area contributed by atoms with Crippen LogP contribution in [-0.2, 0) is 4.74 Å². The molecule has 1 heterocycles. The Kier molecular flexibility index (Phi) is 3.34. The summed E-state index contributed by atoms with van der Waals surface area (Å²) < 4.78 is 5.19. The van der Waals surface area contributed by atoms with Gasteiger partial charge in [0.2, 0.25) is 0 Å². The van der Waals surface area contributed by atoms with E-state index in [1.165, 1.54) is 0 Å². The molecule has 0 unspecified atom stereocenters. The van der Waals surface area contributed by atoms with Gasteiger partial charge in [0, 0.05) is 13.1 Å². The Morgan fingerprint density at radius 2 is 2.18 bits per heavy atom. The second-order valence-electron chi connectivity index (χ2n) is 2.70. The van der Waals surface area contributed by atoms with Gasteiger partial charge in [-0.05, 0) is 6.42 Å². The van der Waals surface area contributed by atoms with E-state index in [9.17, 15) is 0 Å². The van der Waals surface area contributed by atoms with Crippen molar-refractivity contribution in [3.8, 4) is 6.07 Å². The molecule has 11 heavy (non-hydrogen) atoms. The standard InChI is InChI=1S/C8H14N2O/c1-2-8(7-9)10-3-5-11-6-4-10/h8H,2-6H2,1H3/t8-/m1/s1. The summed E-state index contributed by atoms with van der Waals surface area (Å²) in [5.41, 5.74) is 0. The van der Waals surface area contributed by atoms with E-state index in [1.54, 1.807) is 0 Å². The van der Waals surface area contributed by atoms with Crippen molar-refractivity contribution in [2.75, 3.05) is 26.3 Å². The van der Waals surface area contributed by atoms with Gasteiger partial charge in [0.15, 0.2) is 0 Å². The molecule has 0 spiro atoms. The quantitative estimate of drug-likeness (QED) is 0.585. The molecule has 0 aromatic carbocycles. The molecule has 0 N–H and O–H groups in total. The largest absolute Gasteiger partial charge is 0.379 e. The van der Waals surface area contributed by atoms with Gasteiger partial charge in [-0.1, -0.05) is 6.92 Å². The molecule has 62 valence electrons. The van der Waals surface area contributed by atoms with Crippen LogP contribution in [0.15, 0.2) is 0 Å². The molecule has 1 aliphatic rings. The summed E-state index contributed by atoms with van der Waals surface area (Å²) >= 11 is 0. The van der Waals surface area contributed by atoms with Crippen molar-refractivity contribution in [3.63, 3.8) is 0 Å². The van der Waals surface area contributed by atoms with Crippen molar-refractivity contribution in [3.05, 3.63) is 0 Å². The predicted molar refractivity (Wildman–Crippen MR) is 42.1 cm³/mol. The second-order valence-corrected chi connectivity index (χ2v) is 2.70. The van der Waals surface area contributed by atoms with Gasteiger partial charge in [-0.25, -0.2) is 0 Å². The van der Waals surface area contributed by atoms with E-state index in [2.05, 4.69) is 11.0 Å². The zero-order valence-corrected chi connectivity index (χ0v) is 6.92. The number of nitriles is 1. The fourth-order valence-electron chi connectivity index (χ4n) is 1.32. The molecule has 1 aliphatic heterocycles. The molecular weight excluding hydrogens is 140 g/mol. The summed E-state index contributed by atoms with van der Waals surface area (Å²) in [6.07, 6.45) is 0.913. The fraction of sp³-hybridized carbons (Fsp3) is 0.875. The highest BCUT2D eigenvalue weighted by molar-refractivity contribution is 4.91. The number of ether oxygens (including phenoxy) is 1. The Morgan fingerprint density at radius 3 is 2.64 bits per heavy atom. The Labute approximate surface area is 67.6 Å². The van der Waals surface area contributed by atoms with Crippen molar-refractivity contribution in [1.29, 1.82) is 5.26 Å². The Hall–Kier alpha value is -0.590. The monoisotopic (exact) mass is 154 g/mol. The average Bonchev–Trinajstić information content (AvgIpc) is 2.09. The topological polar surface area (TPSA) is 36.3 Å². The van der Waals surface area contributed by atoms with Gasteiger partial charge in [0.25, 0.3) is 0 Å². The summed E-state index contributed by atoms with van der Waals surface area (Å²) in [4.78, 5) is 2.18. The first-order valence-electron chi connectivity index (χ1n) is 4.10. The van der Waals surface area contributed by atoms with E-state index in [1.807, 2.05) is 6.92 Å². The van der Waals surface area contributed by atoms with Crippen molar-refractivity contribution in [1.82, 2.24) is 4.90 Å². The summed E-state index contributed by atoms with van der Waals surface area (Å²) in [6, 6.07) is 2.39. The van der Waals surface area contributed by atoms with E-state index in [4.69, 9.17) is 10.00 Å². The molecule has 1 atom stereocenters. The highest BCUT2D eigenvalue weighted by atomic mass is 16.5. The fourth-order valence-corrected chi connectivity index (χ4v) is 1.32. The molecule has 0 aliphatic carbocycles. The van der Waals surface area contributed by atoms with Gasteiger partial charge >= 0.3 is 0 Å². The molecule has 0 amide bonds. The highest BCUT2D eigenvalue weighted by Crippen LogP contribution is 2.05. The number of hydrogen-bond acceptors (Lipinski definition) is 3. The van der Waals surface area contributed by atoms with E-state index in [-0.39, 0.29) is 6.04 Å². The summed E-state index contributed by atoms with van der Waals surface area (Å²) in [7, 11) is 0. The Bertz CT molecular complexity index is 147. The maximum atomic E-state index is 8.75. The lowest BCUT2D eigenvalue weighted by Gasteiger charge is -2.29. The van der Waals surface area contributed by atoms with Crippen molar-refractivity contribution >= 4 is 0 Å². The third-order valence-electron chi connectivity index (χ3n) is 2.02. The lowest BCUT2D eigenvalue weighted by atomic mass is 10.2. The van der Waals surface area contributed by atoms with Crippen LogP contribution >= 0.6 is 0 Å². The van der Waals surface area contributed by atoms with E-state index < -0.39 is 0 Å². The summed E-state index contributed by atoms with van der Waals surface area (Å²) in [6.45, 7) is 5.41. The zero-order valence-electron chi connectivity index (χ0n) is 6.92. The minimum Gasteiger partial charge on any atom is -0.379 e. The van der Waals surface area contributed by atoms with Crippen molar-refractivity contribution in [2.45, 2.75) is 19.4 Å². The van der Waals surface area contributed by atoms with Crippen molar-refractivity contribution < 1.29 is 4.74 Å². The van der Waals surface area contributed by atoms with Crippen LogP contribution in [0.4, 0.5) is 0 Å². The highest BCUT2D eigenvalue weighted by Gasteiger charge is 2.17. The van der Waals surface area contributed by atoms with Gasteiger partial charge in [0.1, 0.15) is 0 Å². The first kappa shape index (κ1) is 8.51. The minimum absolute atomic E-state index is 0.0962. The van der Waals surface area contributed by atoms with Crippen LogP contribution in [0.3, 0.4) is 0 Å². The molecular formula is C8H14N2O. The molecule has 0 saturated carbocycles. The summed E-state index contributed by atoms with van der Waals surface area (Å²) in [5.74, 6) is 0. The second kappa shape index (κ2) is 4.32. The lowest BCUT2D eigenvalue weighted by Crippen LogP contribution is -2.42. The van der Waals surface area contributed by atoms with Gasteiger partial charge in [-0.2, -0.15) is 5.26 Å². The van der Waals surface area contributed by atoms with Crippen LogP contribution in [0.1, 0.15) is 13.3 Å². The Morgan fingerprint density at radius 1 is 1.55 bits per heavy atom. The number of nitrogens with zero attached hydrogens (tertiary/aromatic N) is 2. The molecule has 0 bridgehead atoms. The molecule has 3 heteroatoms. The third-order valence-corrected chi connectivity index (χ3v) is 2.02. The molecule has 0 aromatic heterocycles. The van der Waals surface area contributed by atoms with Crippen molar-refractivity contribution in [2.24, 2.45) is 0 Å². The minimum atomic E-state index is 0.0962. The molecule has 1 rings (SSSR count). The average molecular weight is 154 g/mol. The normalized spacial score (nSPS) is 22.5. The first-order valence-corrected chi connectivity index (χ1v) is 4.10.